The number of carbonyl (C=O) groups is 1. The van der Waals surface area contributed by atoms with Crippen molar-refractivity contribution >= 4 is 16.7 Å². The van der Waals surface area contributed by atoms with Crippen molar-refractivity contribution in [1.29, 1.82) is 0 Å². The molecule has 0 fully saturated rings. The van der Waals surface area contributed by atoms with Crippen molar-refractivity contribution in [3.63, 3.8) is 0 Å². The maximum atomic E-state index is 11.4. The molecule has 27 heavy (non-hydrogen) atoms. The van der Waals surface area contributed by atoms with Crippen LogP contribution in [0, 0.1) is 6.92 Å². The number of hydrogen-bond acceptors (Lipinski definition) is 5. The highest BCUT2D eigenvalue weighted by molar-refractivity contribution is 5.86. The monoisotopic (exact) mass is 361 g/mol. The molecule has 2 heterocycles. The highest BCUT2D eigenvalue weighted by Gasteiger charge is 2.14. The molecule has 2 aromatic heterocycles. The highest BCUT2D eigenvalue weighted by Crippen LogP contribution is 2.27. The van der Waals surface area contributed by atoms with E-state index in [1.54, 1.807) is 17.8 Å². The van der Waals surface area contributed by atoms with Crippen LogP contribution in [-0.2, 0) is 17.9 Å². The summed E-state index contributed by atoms with van der Waals surface area (Å²) in [6.45, 7) is 3.96. The first-order valence-electron chi connectivity index (χ1n) is 8.70. The molecule has 0 aliphatic rings. The maximum Gasteiger partial charge on any atom is 0.226 e. The molecule has 0 spiro atoms. The number of carbonyl (C=O) groups excluding carboxylic acids is 1. The van der Waals surface area contributed by atoms with Crippen LogP contribution >= 0.6 is 0 Å². The number of nitrogens with zero attached hydrogens (tertiary/aromatic N) is 3. The SMILES string of the molecule is CC(=O)Cn1ncc2c(OCc3nc(-c4ccccc4)oc3C)cccc21. The van der Waals surface area contributed by atoms with Crippen LogP contribution in [0.25, 0.3) is 22.4 Å². The summed E-state index contributed by atoms with van der Waals surface area (Å²) in [7, 11) is 0. The number of ether oxygens (including phenoxy) is 1. The van der Waals surface area contributed by atoms with Crippen molar-refractivity contribution in [2.45, 2.75) is 27.0 Å². The molecular formula is C21H19N3O3. The summed E-state index contributed by atoms with van der Waals surface area (Å²) >= 11 is 0. The predicted molar refractivity (Wildman–Crippen MR) is 101 cm³/mol. The molecule has 136 valence electrons. The lowest BCUT2D eigenvalue weighted by atomic mass is 10.2. The molecule has 4 aromatic rings. The van der Waals surface area contributed by atoms with Crippen LogP contribution in [0.4, 0.5) is 0 Å². The molecule has 6 heteroatoms. The van der Waals surface area contributed by atoms with Crippen LogP contribution in [-0.4, -0.2) is 20.5 Å². The summed E-state index contributed by atoms with van der Waals surface area (Å²) in [4.78, 5) is 16.0. The van der Waals surface area contributed by atoms with Gasteiger partial charge in [0.1, 0.15) is 23.8 Å². The summed E-state index contributed by atoms with van der Waals surface area (Å²) in [6, 6.07) is 15.5. The zero-order valence-corrected chi connectivity index (χ0v) is 15.2. The average molecular weight is 361 g/mol. The normalized spacial score (nSPS) is 11.0. The van der Waals surface area contributed by atoms with Crippen LogP contribution in [0.2, 0.25) is 0 Å². The third-order valence-electron chi connectivity index (χ3n) is 4.30. The van der Waals surface area contributed by atoms with Gasteiger partial charge in [0.05, 0.1) is 23.6 Å². The van der Waals surface area contributed by atoms with E-state index in [0.29, 0.717) is 18.2 Å². The third kappa shape index (κ3) is 3.46. The molecule has 6 nitrogen and oxygen atoms in total. The second-order valence-electron chi connectivity index (χ2n) is 6.37. The van der Waals surface area contributed by atoms with Gasteiger partial charge in [-0.1, -0.05) is 24.3 Å². The van der Waals surface area contributed by atoms with E-state index in [-0.39, 0.29) is 12.3 Å². The van der Waals surface area contributed by atoms with Crippen LogP contribution in [0.3, 0.4) is 0 Å². The Bertz CT molecular complexity index is 1100. The minimum absolute atomic E-state index is 0.0537. The number of benzene rings is 2. The zero-order valence-electron chi connectivity index (χ0n) is 15.2. The molecule has 0 unspecified atom stereocenters. The molecule has 0 saturated heterocycles. The topological polar surface area (TPSA) is 70.2 Å². The largest absolute Gasteiger partial charge is 0.486 e. The van der Waals surface area contributed by atoms with E-state index >= 15 is 0 Å². The molecule has 0 atom stereocenters. The quantitative estimate of drug-likeness (QED) is 0.515. The lowest BCUT2D eigenvalue weighted by molar-refractivity contribution is -0.117. The standard InChI is InChI=1S/C21H19N3O3/c1-14(25)12-24-19-9-6-10-20(17(19)11-22-24)26-13-18-15(2)27-21(23-18)16-7-4-3-5-8-16/h3-11H,12-13H2,1-2H3. The Hall–Kier alpha value is -3.41. The molecule has 0 bridgehead atoms. The van der Waals surface area contributed by atoms with Crippen LogP contribution in [0.1, 0.15) is 18.4 Å². The molecule has 0 N–H and O–H groups in total. The molecule has 4 rings (SSSR count). The third-order valence-corrected chi connectivity index (χ3v) is 4.30. The van der Waals surface area contributed by atoms with Crippen LogP contribution in [0.15, 0.2) is 59.1 Å². The molecular weight excluding hydrogens is 342 g/mol. The van der Waals surface area contributed by atoms with Gasteiger partial charge in [-0.05, 0) is 38.1 Å². The summed E-state index contributed by atoms with van der Waals surface area (Å²) in [5.41, 5.74) is 2.55. The fraction of sp³-hybridized carbons (Fsp3) is 0.190. The number of oxazole rings is 1. The van der Waals surface area contributed by atoms with E-state index in [2.05, 4.69) is 10.1 Å². The second kappa shape index (κ2) is 7.07. The number of aromatic nitrogens is 3. The minimum atomic E-state index is 0.0537. The lowest BCUT2D eigenvalue weighted by Gasteiger charge is -2.06. The van der Waals surface area contributed by atoms with E-state index < -0.39 is 0 Å². The molecule has 0 amide bonds. The Kier molecular flexibility index (Phi) is 4.46. The number of fused-ring (bicyclic) bond motifs is 1. The van der Waals surface area contributed by atoms with Crippen molar-refractivity contribution in [2.75, 3.05) is 0 Å². The van der Waals surface area contributed by atoms with Crippen molar-refractivity contribution in [2.24, 2.45) is 0 Å². The van der Waals surface area contributed by atoms with Crippen LogP contribution in [0.5, 0.6) is 5.75 Å². The van der Waals surface area contributed by atoms with Gasteiger partial charge in [0, 0.05) is 5.56 Å². The van der Waals surface area contributed by atoms with Gasteiger partial charge in [-0.3, -0.25) is 9.48 Å². The Morgan fingerprint density at radius 1 is 1.15 bits per heavy atom. The van der Waals surface area contributed by atoms with Gasteiger partial charge >= 0.3 is 0 Å². The fourth-order valence-corrected chi connectivity index (χ4v) is 2.95. The Morgan fingerprint density at radius 2 is 1.96 bits per heavy atom. The Balaban J connectivity index is 1.57. The summed E-state index contributed by atoms with van der Waals surface area (Å²) in [5, 5.41) is 5.16. The fourth-order valence-electron chi connectivity index (χ4n) is 2.95. The van der Waals surface area contributed by atoms with Crippen molar-refractivity contribution in [3.05, 3.63) is 66.2 Å². The highest BCUT2D eigenvalue weighted by atomic mass is 16.5. The molecule has 0 aliphatic carbocycles. The predicted octanol–water partition coefficient (Wildman–Crippen LogP) is 4.17. The van der Waals surface area contributed by atoms with E-state index in [9.17, 15) is 4.79 Å². The molecule has 0 saturated carbocycles. The number of hydrogen-bond donors (Lipinski definition) is 0. The van der Waals surface area contributed by atoms with Gasteiger partial charge < -0.3 is 9.15 Å². The Morgan fingerprint density at radius 3 is 2.74 bits per heavy atom. The smallest absolute Gasteiger partial charge is 0.226 e. The van der Waals surface area contributed by atoms with Gasteiger partial charge in [0.2, 0.25) is 5.89 Å². The maximum absolute atomic E-state index is 11.4. The van der Waals surface area contributed by atoms with Gasteiger partial charge in [-0.2, -0.15) is 5.10 Å². The zero-order chi connectivity index (χ0) is 18.8. The Labute approximate surface area is 156 Å². The van der Waals surface area contributed by atoms with Gasteiger partial charge in [0.25, 0.3) is 0 Å². The number of Topliss-reactive ketones (excluding diaryl/α,β-unsaturated/α-hetero) is 1. The number of aryl methyl sites for hydroxylation is 1. The second-order valence-corrected chi connectivity index (χ2v) is 6.37. The van der Waals surface area contributed by atoms with Gasteiger partial charge in [-0.25, -0.2) is 4.98 Å². The first kappa shape index (κ1) is 17.0. The average Bonchev–Trinajstić information content (AvgIpc) is 3.24. The molecule has 0 aliphatic heterocycles. The van der Waals surface area contributed by atoms with E-state index in [1.165, 1.54) is 0 Å². The minimum Gasteiger partial charge on any atom is -0.486 e. The summed E-state index contributed by atoms with van der Waals surface area (Å²) < 4.78 is 13.5. The van der Waals surface area contributed by atoms with Crippen molar-refractivity contribution < 1.29 is 13.9 Å². The van der Waals surface area contributed by atoms with E-state index in [1.807, 2.05) is 55.5 Å². The van der Waals surface area contributed by atoms with Crippen LogP contribution < -0.4 is 4.74 Å². The molecule has 2 aromatic carbocycles. The molecule has 0 radical (unpaired) electrons. The van der Waals surface area contributed by atoms with Crippen molar-refractivity contribution in [3.8, 4) is 17.2 Å². The first-order valence-corrected chi connectivity index (χ1v) is 8.70. The summed E-state index contributed by atoms with van der Waals surface area (Å²) in [5.74, 6) is 2.07. The number of ketones is 1. The van der Waals surface area contributed by atoms with E-state index in [0.717, 1.165) is 27.9 Å². The lowest BCUT2D eigenvalue weighted by Crippen LogP contribution is -2.07. The van der Waals surface area contributed by atoms with E-state index in [4.69, 9.17) is 9.15 Å². The first-order chi connectivity index (χ1) is 13.1. The van der Waals surface area contributed by atoms with Crippen molar-refractivity contribution in [1.82, 2.24) is 14.8 Å². The number of rotatable bonds is 6. The van der Waals surface area contributed by atoms with Gasteiger partial charge in [0.15, 0.2) is 5.78 Å². The van der Waals surface area contributed by atoms with Gasteiger partial charge in [-0.15, -0.1) is 0 Å². The summed E-state index contributed by atoms with van der Waals surface area (Å²) in [6.07, 6.45) is 1.72.